The Morgan fingerprint density at radius 3 is 2.83 bits per heavy atom. The minimum atomic E-state index is -0.158. The van der Waals surface area contributed by atoms with Gasteiger partial charge in [0.25, 0.3) is 5.91 Å². The summed E-state index contributed by atoms with van der Waals surface area (Å²) in [7, 11) is 3.44. The van der Waals surface area contributed by atoms with E-state index in [1.165, 1.54) is 0 Å². The lowest BCUT2D eigenvalue weighted by atomic mass is 10.1. The van der Waals surface area contributed by atoms with E-state index in [-0.39, 0.29) is 5.91 Å². The molecule has 0 saturated heterocycles. The highest BCUT2D eigenvalue weighted by molar-refractivity contribution is 5.99. The van der Waals surface area contributed by atoms with E-state index in [1.54, 1.807) is 26.4 Å². The molecule has 4 heterocycles. The number of nitrogens with one attached hydrogen (secondary N) is 1. The van der Waals surface area contributed by atoms with Gasteiger partial charge in [-0.2, -0.15) is 4.98 Å². The number of aryl methyl sites for hydroxylation is 2. The first-order valence-electron chi connectivity index (χ1n) is 9.06. The molecule has 1 N–H and O–H groups in total. The fourth-order valence-corrected chi connectivity index (χ4v) is 3.07. The lowest BCUT2D eigenvalue weighted by Crippen LogP contribution is -2.28. The maximum atomic E-state index is 12.4. The Morgan fingerprint density at radius 1 is 1.24 bits per heavy atom. The van der Waals surface area contributed by atoms with Gasteiger partial charge in [-0.05, 0) is 24.3 Å². The summed E-state index contributed by atoms with van der Waals surface area (Å²) >= 11 is 0. The number of nitrogens with zero attached hydrogens (tertiary/aromatic N) is 5. The van der Waals surface area contributed by atoms with Gasteiger partial charge in [0.05, 0.1) is 29.7 Å². The SMILES string of the molecule is COCCNC(=O)c1cc2cc(-c3cc(-c4noc(C)n4)ccn3)ncc2n1C. The second kappa shape index (κ2) is 7.80. The Balaban J connectivity index is 1.67. The molecule has 0 fully saturated rings. The number of carbonyl (C=O) groups is 1. The normalized spacial score (nSPS) is 11.1. The van der Waals surface area contributed by atoms with Crippen LogP contribution in [-0.4, -0.2) is 50.8 Å². The number of carbonyl (C=O) groups excluding carboxylic acids is 1. The quantitative estimate of drug-likeness (QED) is 0.502. The van der Waals surface area contributed by atoms with Crippen molar-refractivity contribution in [1.29, 1.82) is 0 Å². The minimum Gasteiger partial charge on any atom is -0.383 e. The highest BCUT2D eigenvalue weighted by Gasteiger charge is 2.15. The zero-order chi connectivity index (χ0) is 20.4. The van der Waals surface area contributed by atoms with Crippen molar-refractivity contribution in [2.24, 2.45) is 7.05 Å². The zero-order valence-corrected chi connectivity index (χ0v) is 16.3. The molecule has 4 aromatic rings. The van der Waals surface area contributed by atoms with E-state index < -0.39 is 0 Å². The van der Waals surface area contributed by atoms with Crippen LogP contribution in [0, 0.1) is 6.92 Å². The van der Waals surface area contributed by atoms with Gasteiger partial charge in [0.2, 0.25) is 11.7 Å². The van der Waals surface area contributed by atoms with Crippen molar-refractivity contribution in [2.45, 2.75) is 6.92 Å². The lowest BCUT2D eigenvalue weighted by Gasteiger charge is -2.06. The van der Waals surface area contributed by atoms with Gasteiger partial charge < -0.3 is 19.1 Å². The number of hydrogen-bond acceptors (Lipinski definition) is 7. The lowest BCUT2D eigenvalue weighted by molar-refractivity contribution is 0.0929. The van der Waals surface area contributed by atoms with Gasteiger partial charge in [0, 0.05) is 44.8 Å². The van der Waals surface area contributed by atoms with Gasteiger partial charge in [-0.1, -0.05) is 5.16 Å². The van der Waals surface area contributed by atoms with Crippen LogP contribution in [0.15, 0.2) is 41.2 Å². The van der Waals surface area contributed by atoms with Crippen molar-refractivity contribution in [3.63, 3.8) is 0 Å². The first-order chi connectivity index (χ1) is 14.1. The molecule has 148 valence electrons. The van der Waals surface area contributed by atoms with Crippen molar-refractivity contribution in [3.05, 3.63) is 48.2 Å². The summed E-state index contributed by atoms with van der Waals surface area (Å²) in [5.41, 5.74) is 3.58. The molecule has 0 unspecified atom stereocenters. The molecule has 4 rings (SSSR count). The first kappa shape index (κ1) is 18.8. The maximum absolute atomic E-state index is 12.4. The number of pyridine rings is 2. The van der Waals surface area contributed by atoms with Crippen LogP contribution in [0.5, 0.6) is 0 Å². The molecule has 4 aromatic heterocycles. The fourth-order valence-electron chi connectivity index (χ4n) is 3.07. The molecule has 0 bridgehead atoms. The van der Waals surface area contributed by atoms with E-state index in [0.29, 0.717) is 41.9 Å². The molecule has 0 aliphatic rings. The van der Waals surface area contributed by atoms with E-state index in [1.807, 2.05) is 35.9 Å². The summed E-state index contributed by atoms with van der Waals surface area (Å²) in [6.07, 6.45) is 3.42. The largest absolute Gasteiger partial charge is 0.383 e. The predicted octanol–water partition coefficient (Wildman–Crippen LogP) is 2.37. The van der Waals surface area contributed by atoms with Crippen LogP contribution in [0.2, 0.25) is 0 Å². The summed E-state index contributed by atoms with van der Waals surface area (Å²) in [4.78, 5) is 25.6. The molecule has 0 aliphatic carbocycles. The molecule has 1 amide bonds. The number of hydrogen-bond donors (Lipinski definition) is 1. The number of amides is 1. The number of ether oxygens (including phenoxy) is 1. The van der Waals surface area contributed by atoms with Crippen molar-refractivity contribution < 1.29 is 14.1 Å². The van der Waals surface area contributed by atoms with Crippen LogP contribution in [0.25, 0.3) is 33.7 Å². The summed E-state index contributed by atoms with van der Waals surface area (Å²) < 4.78 is 11.8. The summed E-state index contributed by atoms with van der Waals surface area (Å²) in [6.45, 7) is 2.66. The van der Waals surface area contributed by atoms with E-state index in [4.69, 9.17) is 9.26 Å². The average molecular weight is 392 g/mol. The monoisotopic (exact) mass is 392 g/mol. The Morgan fingerprint density at radius 2 is 2.07 bits per heavy atom. The van der Waals surface area contributed by atoms with Gasteiger partial charge in [-0.3, -0.25) is 14.8 Å². The highest BCUT2D eigenvalue weighted by atomic mass is 16.5. The Hall–Kier alpha value is -3.59. The standard InChI is InChI=1S/C20H20N6O3/c1-12-24-19(25-29-12)13-4-5-21-15(8-13)16-9-14-10-17(20(27)22-6-7-28-3)26(2)18(14)11-23-16/h4-5,8-11H,6-7H2,1-3H3,(H,22,27). The van der Waals surface area contributed by atoms with Gasteiger partial charge in [-0.15, -0.1) is 0 Å². The molecular formula is C20H20N6O3. The average Bonchev–Trinajstić information content (AvgIpc) is 3.31. The molecule has 0 spiro atoms. The molecule has 0 aromatic carbocycles. The Bertz CT molecular complexity index is 1180. The highest BCUT2D eigenvalue weighted by Crippen LogP contribution is 2.25. The Labute approximate surface area is 166 Å². The van der Waals surface area contributed by atoms with Gasteiger partial charge in [0.15, 0.2) is 0 Å². The molecule has 0 radical (unpaired) electrons. The summed E-state index contributed by atoms with van der Waals surface area (Å²) in [6, 6.07) is 7.43. The number of methoxy groups -OCH3 is 1. The van der Waals surface area contributed by atoms with Crippen LogP contribution >= 0.6 is 0 Å². The minimum absolute atomic E-state index is 0.158. The number of fused-ring (bicyclic) bond motifs is 1. The summed E-state index contributed by atoms with van der Waals surface area (Å²) in [5, 5.41) is 7.68. The van der Waals surface area contributed by atoms with Crippen molar-refractivity contribution in [2.75, 3.05) is 20.3 Å². The van der Waals surface area contributed by atoms with Crippen LogP contribution in [0.1, 0.15) is 16.4 Å². The van der Waals surface area contributed by atoms with Gasteiger partial charge in [0.1, 0.15) is 5.69 Å². The van der Waals surface area contributed by atoms with Gasteiger partial charge in [-0.25, -0.2) is 0 Å². The second-order valence-corrected chi connectivity index (χ2v) is 6.53. The molecule has 0 aliphatic heterocycles. The summed E-state index contributed by atoms with van der Waals surface area (Å²) in [5.74, 6) is 0.843. The Kier molecular flexibility index (Phi) is 5.05. The predicted molar refractivity (Wildman–Crippen MR) is 106 cm³/mol. The third-order valence-corrected chi connectivity index (χ3v) is 4.56. The molecule has 0 saturated carbocycles. The molecular weight excluding hydrogens is 372 g/mol. The van der Waals surface area contributed by atoms with Crippen LogP contribution in [-0.2, 0) is 11.8 Å². The first-order valence-corrected chi connectivity index (χ1v) is 9.06. The molecule has 9 nitrogen and oxygen atoms in total. The van der Waals surface area contributed by atoms with E-state index in [2.05, 4.69) is 25.4 Å². The van der Waals surface area contributed by atoms with E-state index in [0.717, 1.165) is 16.5 Å². The van der Waals surface area contributed by atoms with Crippen molar-refractivity contribution in [3.8, 4) is 22.8 Å². The molecule has 0 atom stereocenters. The van der Waals surface area contributed by atoms with Crippen molar-refractivity contribution in [1.82, 2.24) is 30.0 Å². The van der Waals surface area contributed by atoms with Crippen LogP contribution < -0.4 is 5.32 Å². The molecule has 29 heavy (non-hydrogen) atoms. The van der Waals surface area contributed by atoms with E-state index >= 15 is 0 Å². The van der Waals surface area contributed by atoms with Crippen LogP contribution in [0.3, 0.4) is 0 Å². The smallest absolute Gasteiger partial charge is 0.268 e. The zero-order valence-electron chi connectivity index (χ0n) is 16.3. The topological polar surface area (TPSA) is 108 Å². The molecule has 9 heteroatoms. The fraction of sp³-hybridized carbons (Fsp3) is 0.250. The third-order valence-electron chi connectivity index (χ3n) is 4.56. The number of aromatic nitrogens is 5. The van der Waals surface area contributed by atoms with Crippen LogP contribution in [0.4, 0.5) is 0 Å². The maximum Gasteiger partial charge on any atom is 0.268 e. The van der Waals surface area contributed by atoms with E-state index in [9.17, 15) is 4.79 Å². The van der Waals surface area contributed by atoms with Crippen molar-refractivity contribution >= 4 is 16.8 Å². The third kappa shape index (κ3) is 3.72. The van der Waals surface area contributed by atoms with Gasteiger partial charge >= 0.3 is 0 Å². The number of rotatable bonds is 6. The second-order valence-electron chi connectivity index (χ2n) is 6.53.